The number of nitrogens with zero attached hydrogens (tertiary/aromatic N) is 4. The van der Waals surface area contributed by atoms with Crippen LogP contribution < -0.4 is 4.74 Å². The summed E-state index contributed by atoms with van der Waals surface area (Å²) in [5, 5.41) is 12.1. The van der Waals surface area contributed by atoms with Crippen molar-refractivity contribution in [2.75, 3.05) is 6.61 Å². The minimum Gasteiger partial charge on any atom is -0.492 e. The Morgan fingerprint density at radius 2 is 2.00 bits per heavy atom. The summed E-state index contributed by atoms with van der Waals surface area (Å²) in [6.45, 7) is 0.865. The molecule has 2 aromatic carbocycles. The second-order valence-electron chi connectivity index (χ2n) is 4.53. The number of hydrogen-bond donors (Lipinski definition) is 0. The first-order chi connectivity index (χ1) is 10.7. The van der Waals surface area contributed by atoms with E-state index >= 15 is 0 Å². The van der Waals surface area contributed by atoms with Crippen molar-refractivity contribution in [2.45, 2.75) is 6.54 Å². The number of rotatable bonds is 5. The summed E-state index contributed by atoms with van der Waals surface area (Å²) in [5.74, 6) is 0.827. The number of aromatic nitrogens is 4. The Hall–Kier alpha value is -2.28. The molecule has 0 fully saturated rings. The number of hydrogen-bond acceptors (Lipinski definition) is 4. The normalized spacial score (nSPS) is 10.6. The van der Waals surface area contributed by atoms with Gasteiger partial charge in [-0.2, -0.15) is 4.80 Å². The van der Waals surface area contributed by atoms with Crippen LogP contribution in [0.15, 0.2) is 53.0 Å². The molecule has 0 N–H and O–H groups in total. The molecule has 0 saturated carbocycles. The zero-order valence-electron chi connectivity index (χ0n) is 11.5. The molecule has 0 unspecified atom stereocenters. The van der Waals surface area contributed by atoms with E-state index < -0.39 is 0 Å². The lowest BCUT2D eigenvalue weighted by atomic mass is 10.2. The van der Waals surface area contributed by atoms with Gasteiger partial charge in [0.15, 0.2) is 0 Å². The van der Waals surface area contributed by atoms with Crippen molar-refractivity contribution >= 4 is 15.9 Å². The van der Waals surface area contributed by atoms with Gasteiger partial charge < -0.3 is 4.74 Å². The minimum absolute atomic E-state index is 0.327. The quantitative estimate of drug-likeness (QED) is 0.698. The highest BCUT2D eigenvalue weighted by Crippen LogP contribution is 2.18. The summed E-state index contributed by atoms with van der Waals surface area (Å²) in [4.78, 5) is 1.43. The van der Waals surface area contributed by atoms with Crippen LogP contribution in [0.3, 0.4) is 0 Å². The third-order valence-electron chi connectivity index (χ3n) is 2.89. The molecule has 0 bridgehead atoms. The Bertz CT molecular complexity index is 777. The highest BCUT2D eigenvalue weighted by molar-refractivity contribution is 9.10. The molecule has 0 aliphatic heterocycles. The summed E-state index contributed by atoms with van der Waals surface area (Å²) in [6, 6.07) is 13.7. The molecule has 7 heteroatoms. The van der Waals surface area contributed by atoms with Gasteiger partial charge in [-0.1, -0.05) is 34.1 Å². The Labute approximate surface area is 134 Å². The average Bonchev–Trinajstić information content (AvgIpc) is 2.96. The van der Waals surface area contributed by atoms with E-state index in [0.29, 0.717) is 24.5 Å². The van der Waals surface area contributed by atoms with Crippen molar-refractivity contribution in [3.63, 3.8) is 0 Å². The highest BCUT2D eigenvalue weighted by atomic mass is 79.9. The fourth-order valence-corrected chi connectivity index (χ4v) is 2.26. The minimum atomic E-state index is -0.327. The smallest absolute Gasteiger partial charge is 0.205 e. The molecular formula is C15H12BrFN4O. The van der Waals surface area contributed by atoms with E-state index in [-0.39, 0.29) is 5.82 Å². The molecule has 0 atom stereocenters. The summed E-state index contributed by atoms with van der Waals surface area (Å²) in [6.07, 6.45) is 0. The van der Waals surface area contributed by atoms with Crippen LogP contribution in [0, 0.1) is 5.82 Å². The molecule has 112 valence electrons. The number of ether oxygens (including phenoxy) is 1. The zero-order chi connectivity index (χ0) is 15.4. The molecule has 1 aromatic heterocycles. The summed E-state index contributed by atoms with van der Waals surface area (Å²) in [5.41, 5.74) is 0.596. The lowest BCUT2D eigenvalue weighted by molar-refractivity contribution is 0.280. The zero-order valence-corrected chi connectivity index (χ0v) is 13.1. The van der Waals surface area contributed by atoms with Gasteiger partial charge in [-0.3, -0.25) is 0 Å². The van der Waals surface area contributed by atoms with Crippen molar-refractivity contribution in [3.8, 4) is 17.1 Å². The van der Waals surface area contributed by atoms with Gasteiger partial charge in [-0.05, 0) is 35.5 Å². The van der Waals surface area contributed by atoms with Gasteiger partial charge in [0.05, 0.1) is 6.54 Å². The highest BCUT2D eigenvalue weighted by Gasteiger charge is 2.06. The third kappa shape index (κ3) is 3.67. The average molecular weight is 363 g/mol. The predicted molar refractivity (Wildman–Crippen MR) is 82.8 cm³/mol. The van der Waals surface area contributed by atoms with Crippen molar-refractivity contribution in [2.24, 2.45) is 0 Å². The van der Waals surface area contributed by atoms with E-state index in [1.807, 2.05) is 24.3 Å². The monoisotopic (exact) mass is 362 g/mol. The van der Waals surface area contributed by atoms with E-state index in [0.717, 1.165) is 10.2 Å². The predicted octanol–water partition coefficient (Wildman–Crippen LogP) is 3.32. The molecular weight excluding hydrogens is 351 g/mol. The SMILES string of the molecule is Fc1cccc(-c2nnn(CCOc3cccc(Br)c3)n2)c1. The standard InChI is InChI=1S/C15H12BrFN4O/c16-12-4-2-6-14(10-12)22-8-7-21-19-15(18-20-21)11-3-1-5-13(17)9-11/h1-6,9-10H,7-8H2. The van der Waals surface area contributed by atoms with Gasteiger partial charge in [0.25, 0.3) is 0 Å². The molecule has 0 amide bonds. The summed E-state index contributed by atoms with van der Waals surface area (Å²) >= 11 is 3.38. The molecule has 0 aliphatic carbocycles. The molecule has 3 rings (SSSR count). The van der Waals surface area contributed by atoms with Crippen molar-refractivity contribution in [1.82, 2.24) is 20.2 Å². The van der Waals surface area contributed by atoms with Crippen molar-refractivity contribution in [3.05, 3.63) is 58.8 Å². The Morgan fingerprint density at radius 3 is 2.82 bits per heavy atom. The van der Waals surface area contributed by atoms with Gasteiger partial charge in [-0.25, -0.2) is 4.39 Å². The van der Waals surface area contributed by atoms with E-state index in [1.54, 1.807) is 12.1 Å². The third-order valence-corrected chi connectivity index (χ3v) is 3.39. The Balaban J connectivity index is 1.60. The summed E-state index contributed by atoms with van der Waals surface area (Å²) < 4.78 is 19.7. The van der Waals surface area contributed by atoms with Crippen LogP contribution in [0.5, 0.6) is 5.75 Å². The summed E-state index contributed by atoms with van der Waals surface area (Å²) in [7, 11) is 0. The van der Waals surface area contributed by atoms with Crippen molar-refractivity contribution < 1.29 is 9.13 Å². The van der Waals surface area contributed by atoms with Crippen LogP contribution in [0.1, 0.15) is 0 Å². The van der Waals surface area contributed by atoms with E-state index in [9.17, 15) is 4.39 Å². The van der Waals surface area contributed by atoms with Crippen LogP contribution >= 0.6 is 15.9 Å². The lowest BCUT2D eigenvalue weighted by Crippen LogP contribution is -2.11. The van der Waals surface area contributed by atoms with Gasteiger partial charge in [-0.15, -0.1) is 10.2 Å². The molecule has 22 heavy (non-hydrogen) atoms. The molecule has 1 heterocycles. The topological polar surface area (TPSA) is 52.8 Å². The van der Waals surface area contributed by atoms with Crippen LogP contribution in [0.25, 0.3) is 11.4 Å². The lowest BCUT2D eigenvalue weighted by Gasteiger charge is -2.05. The molecule has 5 nitrogen and oxygen atoms in total. The van der Waals surface area contributed by atoms with Gasteiger partial charge >= 0.3 is 0 Å². The molecule has 0 aliphatic rings. The fraction of sp³-hybridized carbons (Fsp3) is 0.133. The maximum Gasteiger partial charge on any atom is 0.205 e. The second kappa shape index (κ2) is 6.65. The second-order valence-corrected chi connectivity index (χ2v) is 5.44. The fourth-order valence-electron chi connectivity index (χ4n) is 1.88. The van der Waals surface area contributed by atoms with Crippen LogP contribution in [-0.4, -0.2) is 26.8 Å². The number of halogens is 2. The first-order valence-electron chi connectivity index (χ1n) is 6.63. The van der Waals surface area contributed by atoms with Gasteiger partial charge in [0.2, 0.25) is 5.82 Å². The van der Waals surface area contributed by atoms with Crippen LogP contribution in [0.2, 0.25) is 0 Å². The molecule has 0 saturated heterocycles. The van der Waals surface area contributed by atoms with Crippen LogP contribution in [-0.2, 0) is 6.54 Å². The molecule has 0 spiro atoms. The first kappa shape index (κ1) is 14.6. The van der Waals surface area contributed by atoms with Crippen molar-refractivity contribution in [1.29, 1.82) is 0 Å². The van der Waals surface area contributed by atoms with Gasteiger partial charge in [0, 0.05) is 10.0 Å². The maximum atomic E-state index is 13.2. The van der Waals surface area contributed by atoms with E-state index in [1.165, 1.54) is 16.9 Å². The number of benzene rings is 2. The van der Waals surface area contributed by atoms with Crippen LogP contribution in [0.4, 0.5) is 4.39 Å². The Kier molecular flexibility index (Phi) is 4.43. The van der Waals surface area contributed by atoms with E-state index in [4.69, 9.17) is 4.74 Å². The maximum absolute atomic E-state index is 13.2. The largest absolute Gasteiger partial charge is 0.492 e. The van der Waals surface area contributed by atoms with Gasteiger partial charge in [0.1, 0.15) is 18.2 Å². The molecule has 0 radical (unpaired) electrons. The number of tetrazole rings is 1. The Morgan fingerprint density at radius 1 is 1.14 bits per heavy atom. The first-order valence-corrected chi connectivity index (χ1v) is 7.42. The van der Waals surface area contributed by atoms with E-state index in [2.05, 4.69) is 31.3 Å². The molecule has 3 aromatic rings.